The van der Waals surface area contributed by atoms with E-state index in [0.29, 0.717) is 43.4 Å². The molecule has 1 N–H and O–H groups in total. The van der Waals surface area contributed by atoms with Crippen LogP contribution in [-0.4, -0.2) is 87.3 Å². The number of rotatable bonds is 31. The number of nitrogens with zero attached hydrogens (tertiary/aromatic N) is 2. The molecule has 286 valence electrons. The first kappa shape index (κ1) is 43.6. The summed E-state index contributed by atoms with van der Waals surface area (Å²) in [7, 11) is 4.04. The van der Waals surface area contributed by atoms with Gasteiger partial charge in [0.2, 0.25) is 0 Å². The predicted octanol–water partition coefficient (Wildman–Crippen LogP) is 9.36. The lowest BCUT2D eigenvalue weighted by Gasteiger charge is -2.48. The van der Waals surface area contributed by atoms with Crippen LogP contribution < -0.4 is 14.8 Å². The van der Waals surface area contributed by atoms with E-state index >= 15 is 0 Å². The summed E-state index contributed by atoms with van der Waals surface area (Å²) in [6.07, 6.45) is 26.9. The maximum absolute atomic E-state index is 14.2. The SMILES string of the molecule is CCCCCCCC/C=C\CCCCCCCCNC(=O)C1(N(CCCN(C)C)C(=O)c2ccc(OCCCC)c(OCCCC)c2)COC1. The van der Waals surface area contributed by atoms with E-state index in [1.165, 1.54) is 77.0 Å². The first-order chi connectivity index (χ1) is 24.4. The van der Waals surface area contributed by atoms with Crippen LogP contribution in [0.4, 0.5) is 0 Å². The van der Waals surface area contributed by atoms with E-state index in [4.69, 9.17) is 14.2 Å². The van der Waals surface area contributed by atoms with Crippen LogP contribution in [0.3, 0.4) is 0 Å². The van der Waals surface area contributed by atoms with E-state index in [-0.39, 0.29) is 25.0 Å². The summed E-state index contributed by atoms with van der Waals surface area (Å²) in [5.74, 6) is 0.936. The lowest BCUT2D eigenvalue weighted by molar-refractivity contribution is -0.164. The van der Waals surface area contributed by atoms with Crippen LogP contribution in [0.25, 0.3) is 0 Å². The second-order valence-electron chi connectivity index (χ2n) is 14.4. The molecule has 1 aliphatic rings. The third kappa shape index (κ3) is 16.6. The summed E-state index contributed by atoms with van der Waals surface area (Å²) in [4.78, 5) is 31.9. The number of unbranched alkanes of at least 4 members (excludes halogenated alkanes) is 14. The fraction of sp³-hybridized carbons (Fsp3) is 0.762. The van der Waals surface area contributed by atoms with Crippen molar-refractivity contribution < 1.29 is 23.8 Å². The van der Waals surface area contributed by atoms with Gasteiger partial charge in [-0.05, 0) is 90.2 Å². The minimum Gasteiger partial charge on any atom is -0.490 e. The maximum Gasteiger partial charge on any atom is 0.255 e. The largest absolute Gasteiger partial charge is 0.490 e. The molecule has 8 heteroatoms. The zero-order chi connectivity index (χ0) is 36.3. The zero-order valence-electron chi connectivity index (χ0n) is 32.7. The highest BCUT2D eigenvalue weighted by atomic mass is 16.5. The van der Waals surface area contributed by atoms with Gasteiger partial charge in [0.05, 0.1) is 26.4 Å². The number of amides is 2. The van der Waals surface area contributed by atoms with Crippen molar-refractivity contribution in [3.8, 4) is 11.5 Å². The van der Waals surface area contributed by atoms with Crippen molar-refractivity contribution in [3.63, 3.8) is 0 Å². The van der Waals surface area contributed by atoms with Crippen molar-refractivity contribution in [1.29, 1.82) is 0 Å². The third-order valence-corrected chi connectivity index (χ3v) is 9.53. The summed E-state index contributed by atoms with van der Waals surface area (Å²) in [5.41, 5.74) is -0.512. The molecule has 0 atom stereocenters. The van der Waals surface area contributed by atoms with Gasteiger partial charge in [0.25, 0.3) is 11.8 Å². The quantitative estimate of drug-likeness (QED) is 0.0615. The van der Waals surface area contributed by atoms with Gasteiger partial charge in [-0.25, -0.2) is 0 Å². The van der Waals surface area contributed by atoms with Crippen molar-refractivity contribution in [1.82, 2.24) is 15.1 Å². The number of benzene rings is 1. The maximum atomic E-state index is 14.2. The standard InChI is InChI=1S/C42H73N3O5/c1-6-9-12-13-14-15-16-17-18-19-20-21-22-23-24-25-29-43-41(47)42(35-48-36-42)45(31-26-30-44(4)5)40(46)37-27-28-38(49-32-10-7-2)39(34-37)50-33-11-8-3/h17-18,27-28,34H,6-16,19-26,29-33,35-36H2,1-5H3,(H,43,47)/b18-17-. The number of nitrogens with one attached hydrogen (secondary N) is 1. The van der Waals surface area contributed by atoms with Gasteiger partial charge in [0.1, 0.15) is 0 Å². The van der Waals surface area contributed by atoms with Crippen molar-refractivity contribution in [3.05, 3.63) is 35.9 Å². The molecule has 2 amide bonds. The Bertz CT molecular complexity index is 1070. The molecule has 0 saturated carbocycles. The van der Waals surface area contributed by atoms with Crippen molar-refractivity contribution in [2.24, 2.45) is 0 Å². The van der Waals surface area contributed by atoms with Gasteiger partial charge in [0.15, 0.2) is 17.0 Å². The minimum atomic E-state index is -1.01. The normalized spacial score (nSPS) is 13.8. The lowest BCUT2D eigenvalue weighted by Crippen LogP contribution is -2.71. The van der Waals surface area contributed by atoms with Gasteiger partial charge < -0.3 is 29.3 Å². The second-order valence-corrected chi connectivity index (χ2v) is 14.4. The Morgan fingerprint density at radius 1 is 0.720 bits per heavy atom. The van der Waals surface area contributed by atoms with Crippen LogP contribution in [0, 0.1) is 0 Å². The second kappa shape index (κ2) is 27.1. The Hall–Kier alpha value is -2.58. The number of hydrogen-bond acceptors (Lipinski definition) is 6. The minimum absolute atomic E-state index is 0.117. The Morgan fingerprint density at radius 3 is 1.84 bits per heavy atom. The first-order valence-electron chi connectivity index (χ1n) is 20.3. The number of carbonyl (C=O) groups excluding carboxylic acids is 2. The molecule has 1 aliphatic heterocycles. The Labute approximate surface area is 306 Å². The average Bonchev–Trinajstić information content (AvgIpc) is 3.08. The van der Waals surface area contributed by atoms with Crippen LogP contribution in [0.1, 0.15) is 153 Å². The topological polar surface area (TPSA) is 80.3 Å². The average molecular weight is 700 g/mol. The molecule has 0 aliphatic carbocycles. The summed E-state index contributed by atoms with van der Waals surface area (Å²) in [6.45, 7) is 9.98. The Morgan fingerprint density at radius 2 is 1.28 bits per heavy atom. The summed E-state index contributed by atoms with van der Waals surface area (Å²) in [6, 6.07) is 5.42. The molecule has 0 bridgehead atoms. The van der Waals surface area contributed by atoms with Crippen molar-refractivity contribution in [2.45, 2.75) is 148 Å². The summed E-state index contributed by atoms with van der Waals surface area (Å²) < 4.78 is 17.8. The summed E-state index contributed by atoms with van der Waals surface area (Å²) >= 11 is 0. The number of allylic oxidation sites excluding steroid dienone is 2. The van der Waals surface area contributed by atoms with Gasteiger partial charge in [-0.3, -0.25) is 9.59 Å². The van der Waals surface area contributed by atoms with Gasteiger partial charge >= 0.3 is 0 Å². The van der Waals surface area contributed by atoms with Crippen LogP contribution in [0.15, 0.2) is 30.4 Å². The molecule has 0 unspecified atom stereocenters. The molecule has 1 aromatic rings. The molecule has 0 aromatic heterocycles. The van der Waals surface area contributed by atoms with Gasteiger partial charge in [-0.2, -0.15) is 0 Å². The zero-order valence-corrected chi connectivity index (χ0v) is 32.7. The van der Waals surface area contributed by atoms with Crippen LogP contribution in [0.2, 0.25) is 0 Å². The number of ether oxygens (including phenoxy) is 3. The predicted molar refractivity (Wildman–Crippen MR) is 207 cm³/mol. The molecule has 1 fully saturated rings. The first-order valence-corrected chi connectivity index (χ1v) is 20.3. The summed E-state index contributed by atoms with van der Waals surface area (Å²) in [5, 5.41) is 3.17. The van der Waals surface area contributed by atoms with Crippen molar-refractivity contribution in [2.75, 3.05) is 60.2 Å². The highest BCUT2D eigenvalue weighted by Gasteiger charge is 2.52. The molecule has 1 saturated heterocycles. The molecule has 1 heterocycles. The van der Waals surface area contributed by atoms with Crippen molar-refractivity contribution >= 4 is 11.8 Å². The highest BCUT2D eigenvalue weighted by Crippen LogP contribution is 2.33. The monoisotopic (exact) mass is 700 g/mol. The van der Waals surface area contributed by atoms with Crippen LogP contribution in [0.5, 0.6) is 11.5 Å². The lowest BCUT2D eigenvalue weighted by atomic mass is 9.91. The fourth-order valence-corrected chi connectivity index (χ4v) is 6.18. The van der Waals surface area contributed by atoms with E-state index < -0.39 is 5.54 Å². The molecular weight excluding hydrogens is 626 g/mol. The fourth-order valence-electron chi connectivity index (χ4n) is 6.18. The Kier molecular flexibility index (Phi) is 23.6. The van der Waals surface area contributed by atoms with Crippen LogP contribution in [-0.2, 0) is 9.53 Å². The molecule has 0 radical (unpaired) electrons. The van der Waals surface area contributed by atoms with E-state index in [1.54, 1.807) is 17.0 Å². The van der Waals surface area contributed by atoms with E-state index in [1.807, 2.05) is 20.2 Å². The Balaban J connectivity index is 1.89. The molecule has 8 nitrogen and oxygen atoms in total. The number of hydrogen-bond donors (Lipinski definition) is 1. The third-order valence-electron chi connectivity index (χ3n) is 9.53. The van der Waals surface area contributed by atoms with E-state index in [2.05, 4.69) is 43.1 Å². The van der Waals surface area contributed by atoms with Crippen LogP contribution >= 0.6 is 0 Å². The molecule has 2 rings (SSSR count). The molecule has 1 aromatic carbocycles. The van der Waals surface area contributed by atoms with Gasteiger partial charge in [0, 0.05) is 18.7 Å². The highest BCUT2D eigenvalue weighted by molar-refractivity contribution is 6.00. The molecular formula is C42H73N3O5. The smallest absolute Gasteiger partial charge is 0.255 e. The molecule has 50 heavy (non-hydrogen) atoms. The van der Waals surface area contributed by atoms with Gasteiger partial charge in [-0.1, -0.05) is 104 Å². The molecule has 0 spiro atoms. The van der Waals surface area contributed by atoms with Gasteiger partial charge in [-0.15, -0.1) is 0 Å². The number of carbonyl (C=O) groups is 2. The van der Waals surface area contributed by atoms with E-state index in [9.17, 15) is 9.59 Å². The van der Waals surface area contributed by atoms with E-state index in [0.717, 1.165) is 51.5 Å².